The van der Waals surface area contributed by atoms with Crippen molar-refractivity contribution in [3.8, 4) is 5.75 Å². The minimum atomic E-state index is -0.406. The van der Waals surface area contributed by atoms with E-state index in [1.165, 1.54) is 18.4 Å². The van der Waals surface area contributed by atoms with Crippen molar-refractivity contribution in [2.45, 2.75) is 65.2 Å². The Morgan fingerprint density at radius 2 is 1.28 bits per heavy atom. The van der Waals surface area contributed by atoms with E-state index in [4.69, 9.17) is 9.47 Å². The van der Waals surface area contributed by atoms with Crippen LogP contribution in [0.25, 0.3) is 0 Å². The highest BCUT2D eigenvalue weighted by Gasteiger charge is 2.11. The third-order valence-electron chi connectivity index (χ3n) is 4.79. The van der Waals surface area contributed by atoms with Crippen molar-refractivity contribution in [1.82, 2.24) is 0 Å². The van der Waals surface area contributed by atoms with E-state index in [2.05, 4.69) is 13.8 Å². The molecular formula is C25H32O4. The topological polar surface area (TPSA) is 52.6 Å². The van der Waals surface area contributed by atoms with Crippen LogP contribution in [0.4, 0.5) is 0 Å². The Labute approximate surface area is 174 Å². The van der Waals surface area contributed by atoms with Crippen molar-refractivity contribution in [3.63, 3.8) is 0 Å². The first kappa shape index (κ1) is 22.7. The van der Waals surface area contributed by atoms with Gasteiger partial charge in [0.15, 0.2) is 0 Å². The average molecular weight is 397 g/mol. The van der Waals surface area contributed by atoms with Crippen LogP contribution in [0.2, 0.25) is 0 Å². The molecule has 0 saturated heterocycles. The number of rotatable bonds is 12. The van der Waals surface area contributed by atoms with Gasteiger partial charge < -0.3 is 9.47 Å². The molecule has 0 radical (unpaired) electrons. The third-order valence-corrected chi connectivity index (χ3v) is 4.79. The molecule has 0 saturated carbocycles. The molecule has 2 aromatic rings. The summed E-state index contributed by atoms with van der Waals surface area (Å²) in [6.45, 7) is 4.76. The van der Waals surface area contributed by atoms with Crippen molar-refractivity contribution in [2.75, 3.05) is 6.61 Å². The number of ether oxygens (including phenoxy) is 2. The number of hydrogen-bond donors (Lipinski definition) is 0. The molecule has 0 fully saturated rings. The minimum absolute atomic E-state index is 0.349. The molecule has 0 aliphatic carbocycles. The summed E-state index contributed by atoms with van der Waals surface area (Å²) in [6, 6.07) is 14.0. The Hall–Kier alpha value is -2.62. The first-order valence-corrected chi connectivity index (χ1v) is 10.7. The van der Waals surface area contributed by atoms with E-state index in [0.717, 1.165) is 38.5 Å². The van der Waals surface area contributed by atoms with Crippen LogP contribution >= 0.6 is 0 Å². The summed E-state index contributed by atoms with van der Waals surface area (Å²) in [5, 5.41) is 0. The van der Waals surface area contributed by atoms with Gasteiger partial charge >= 0.3 is 11.9 Å². The number of carbonyl (C=O) groups is 2. The largest absolute Gasteiger partial charge is 0.462 e. The van der Waals surface area contributed by atoms with Gasteiger partial charge in [-0.1, -0.05) is 58.1 Å². The van der Waals surface area contributed by atoms with Gasteiger partial charge in [0.1, 0.15) is 5.75 Å². The smallest absolute Gasteiger partial charge is 0.343 e. The summed E-state index contributed by atoms with van der Waals surface area (Å²) in [5.41, 5.74) is 2.20. The van der Waals surface area contributed by atoms with E-state index in [0.29, 0.717) is 23.5 Å². The highest BCUT2D eigenvalue weighted by Crippen LogP contribution is 2.16. The molecular weight excluding hydrogens is 364 g/mol. The molecule has 2 aromatic carbocycles. The second-order valence-electron chi connectivity index (χ2n) is 7.26. The lowest BCUT2D eigenvalue weighted by molar-refractivity contribution is 0.0497. The standard InChI is InChI=1S/C25H32O4/c1-3-5-7-9-19-28-24(26)21-15-17-23(18-16-21)29-25(27)22-13-11-20(12-14-22)10-8-6-4-2/h11-18H,3-10,19H2,1-2H3. The molecule has 0 unspecified atom stereocenters. The quantitative estimate of drug-likeness (QED) is 0.237. The minimum Gasteiger partial charge on any atom is -0.462 e. The molecule has 4 heteroatoms. The Balaban J connectivity index is 1.82. The van der Waals surface area contributed by atoms with Gasteiger partial charge in [-0.25, -0.2) is 9.59 Å². The highest BCUT2D eigenvalue weighted by atomic mass is 16.5. The molecule has 0 N–H and O–H groups in total. The van der Waals surface area contributed by atoms with Crippen LogP contribution in [0.15, 0.2) is 48.5 Å². The van der Waals surface area contributed by atoms with Crippen molar-refractivity contribution < 1.29 is 19.1 Å². The van der Waals surface area contributed by atoms with Gasteiger partial charge in [-0.3, -0.25) is 0 Å². The molecule has 2 rings (SSSR count). The maximum atomic E-state index is 12.3. The van der Waals surface area contributed by atoms with E-state index < -0.39 is 5.97 Å². The third kappa shape index (κ3) is 8.10. The van der Waals surface area contributed by atoms with Gasteiger partial charge in [0, 0.05) is 0 Å². The molecule has 4 nitrogen and oxygen atoms in total. The monoisotopic (exact) mass is 396 g/mol. The van der Waals surface area contributed by atoms with Crippen LogP contribution in [0, 0.1) is 0 Å². The zero-order valence-electron chi connectivity index (χ0n) is 17.6. The number of carbonyl (C=O) groups excluding carboxylic acids is 2. The van der Waals surface area contributed by atoms with Crippen LogP contribution in [-0.4, -0.2) is 18.5 Å². The fourth-order valence-corrected chi connectivity index (χ4v) is 2.99. The summed E-state index contributed by atoms with van der Waals surface area (Å²) >= 11 is 0. The average Bonchev–Trinajstić information content (AvgIpc) is 2.74. The fraction of sp³-hybridized carbons (Fsp3) is 0.440. The van der Waals surface area contributed by atoms with E-state index in [-0.39, 0.29) is 5.97 Å². The molecule has 0 amide bonds. The van der Waals surface area contributed by atoms with Crippen LogP contribution < -0.4 is 4.74 Å². The number of hydrogen-bond acceptors (Lipinski definition) is 4. The van der Waals surface area contributed by atoms with Gasteiger partial charge in [-0.15, -0.1) is 0 Å². The first-order chi connectivity index (χ1) is 14.1. The second-order valence-corrected chi connectivity index (χ2v) is 7.26. The number of aryl methyl sites for hydroxylation is 1. The Bertz CT molecular complexity index is 747. The summed E-state index contributed by atoms with van der Waals surface area (Å²) in [5.74, 6) is -0.351. The maximum absolute atomic E-state index is 12.3. The van der Waals surface area contributed by atoms with Crippen LogP contribution in [0.3, 0.4) is 0 Å². The second kappa shape index (κ2) is 12.8. The lowest BCUT2D eigenvalue weighted by Gasteiger charge is -2.07. The highest BCUT2D eigenvalue weighted by molar-refractivity contribution is 5.92. The Morgan fingerprint density at radius 1 is 0.690 bits per heavy atom. The molecule has 0 spiro atoms. The maximum Gasteiger partial charge on any atom is 0.343 e. The molecule has 0 aliphatic heterocycles. The fourth-order valence-electron chi connectivity index (χ4n) is 2.99. The SMILES string of the molecule is CCCCCCOC(=O)c1ccc(OC(=O)c2ccc(CCCCC)cc2)cc1. The number of unbranched alkanes of at least 4 members (excludes halogenated alkanes) is 5. The summed E-state index contributed by atoms with van der Waals surface area (Å²) in [6.07, 6.45) is 8.85. The summed E-state index contributed by atoms with van der Waals surface area (Å²) in [7, 11) is 0. The predicted octanol–water partition coefficient (Wildman–Crippen LogP) is 6.38. The van der Waals surface area contributed by atoms with Crippen molar-refractivity contribution in [3.05, 3.63) is 65.2 Å². The Morgan fingerprint density at radius 3 is 1.93 bits per heavy atom. The zero-order valence-corrected chi connectivity index (χ0v) is 17.6. The van der Waals surface area contributed by atoms with Gasteiger partial charge in [0.05, 0.1) is 17.7 Å². The molecule has 0 bridgehead atoms. The molecule has 0 atom stereocenters. The normalized spacial score (nSPS) is 10.6. The molecule has 156 valence electrons. The summed E-state index contributed by atoms with van der Waals surface area (Å²) < 4.78 is 10.7. The van der Waals surface area contributed by atoms with Gasteiger partial charge in [-0.2, -0.15) is 0 Å². The van der Waals surface area contributed by atoms with Gasteiger partial charge in [0.25, 0.3) is 0 Å². The molecule has 0 heterocycles. The zero-order chi connectivity index (χ0) is 20.9. The van der Waals surface area contributed by atoms with Gasteiger partial charge in [0.2, 0.25) is 0 Å². The van der Waals surface area contributed by atoms with E-state index in [1.807, 2.05) is 12.1 Å². The van der Waals surface area contributed by atoms with Gasteiger partial charge in [-0.05, 0) is 61.2 Å². The van der Waals surface area contributed by atoms with Crippen LogP contribution in [0.1, 0.15) is 85.1 Å². The molecule has 0 aliphatic rings. The van der Waals surface area contributed by atoms with Crippen molar-refractivity contribution in [1.29, 1.82) is 0 Å². The number of esters is 2. The Kier molecular flexibility index (Phi) is 9.98. The van der Waals surface area contributed by atoms with Crippen LogP contribution in [-0.2, 0) is 11.2 Å². The van der Waals surface area contributed by atoms with E-state index >= 15 is 0 Å². The lowest BCUT2D eigenvalue weighted by Crippen LogP contribution is -2.09. The number of benzene rings is 2. The molecule has 0 aromatic heterocycles. The van der Waals surface area contributed by atoms with Crippen molar-refractivity contribution >= 4 is 11.9 Å². The van der Waals surface area contributed by atoms with E-state index in [1.54, 1.807) is 36.4 Å². The molecule has 29 heavy (non-hydrogen) atoms. The first-order valence-electron chi connectivity index (χ1n) is 10.7. The predicted molar refractivity (Wildman–Crippen MR) is 115 cm³/mol. The van der Waals surface area contributed by atoms with Crippen LogP contribution in [0.5, 0.6) is 5.75 Å². The van der Waals surface area contributed by atoms with Crippen molar-refractivity contribution in [2.24, 2.45) is 0 Å². The van der Waals surface area contributed by atoms with E-state index in [9.17, 15) is 9.59 Å². The summed E-state index contributed by atoms with van der Waals surface area (Å²) in [4.78, 5) is 24.3. The lowest BCUT2D eigenvalue weighted by atomic mass is 10.1.